The fourth-order valence-corrected chi connectivity index (χ4v) is 0.651. The van der Waals surface area contributed by atoms with E-state index < -0.39 is 24.7 Å². The van der Waals surface area contributed by atoms with E-state index >= 15 is 0 Å². The SMILES string of the molecule is CCCOCC(C(=O)O)C(F)(F)F. The minimum absolute atomic E-state index is 0.139. The van der Waals surface area contributed by atoms with Crippen molar-refractivity contribution in [3.63, 3.8) is 0 Å². The average Bonchev–Trinajstić information content (AvgIpc) is 1.94. The molecule has 1 N–H and O–H groups in total. The summed E-state index contributed by atoms with van der Waals surface area (Å²) in [5.74, 6) is -4.32. The highest BCUT2D eigenvalue weighted by Crippen LogP contribution is 2.26. The predicted octanol–water partition coefficient (Wildman–Crippen LogP) is 1.68. The van der Waals surface area contributed by atoms with Crippen LogP contribution in [0.4, 0.5) is 13.2 Å². The van der Waals surface area contributed by atoms with Crippen LogP contribution >= 0.6 is 0 Å². The van der Waals surface area contributed by atoms with Crippen molar-refractivity contribution < 1.29 is 27.8 Å². The van der Waals surface area contributed by atoms with E-state index in [0.717, 1.165) is 0 Å². The summed E-state index contributed by atoms with van der Waals surface area (Å²) >= 11 is 0. The van der Waals surface area contributed by atoms with Crippen molar-refractivity contribution in [3.05, 3.63) is 0 Å². The van der Waals surface area contributed by atoms with Gasteiger partial charge in [-0.3, -0.25) is 4.79 Å². The zero-order valence-corrected chi connectivity index (χ0v) is 7.10. The fourth-order valence-electron chi connectivity index (χ4n) is 0.651. The molecule has 0 radical (unpaired) electrons. The third-order valence-electron chi connectivity index (χ3n) is 1.33. The molecule has 0 aromatic carbocycles. The molecule has 0 aliphatic rings. The lowest BCUT2D eigenvalue weighted by Crippen LogP contribution is -2.34. The van der Waals surface area contributed by atoms with Gasteiger partial charge in [-0.25, -0.2) is 0 Å². The third-order valence-corrected chi connectivity index (χ3v) is 1.33. The van der Waals surface area contributed by atoms with E-state index in [-0.39, 0.29) is 6.61 Å². The van der Waals surface area contributed by atoms with Gasteiger partial charge in [0.2, 0.25) is 0 Å². The van der Waals surface area contributed by atoms with Crippen LogP contribution in [0.2, 0.25) is 0 Å². The van der Waals surface area contributed by atoms with Crippen molar-refractivity contribution in [2.75, 3.05) is 13.2 Å². The molecule has 1 unspecified atom stereocenters. The van der Waals surface area contributed by atoms with Crippen LogP contribution in [0.5, 0.6) is 0 Å². The molecule has 0 spiro atoms. The number of alkyl halides is 3. The maximum absolute atomic E-state index is 11.9. The molecule has 0 rings (SSSR count). The number of hydrogen-bond acceptors (Lipinski definition) is 2. The maximum Gasteiger partial charge on any atom is 0.404 e. The second-order valence-electron chi connectivity index (χ2n) is 2.51. The molecule has 0 aromatic heterocycles. The predicted molar refractivity (Wildman–Crippen MR) is 38.3 cm³/mol. The largest absolute Gasteiger partial charge is 0.481 e. The topological polar surface area (TPSA) is 46.5 Å². The molecule has 13 heavy (non-hydrogen) atoms. The summed E-state index contributed by atoms with van der Waals surface area (Å²) in [5.41, 5.74) is 0. The standard InChI is InChI=1S/C7H11F3O3/c1-2-3-13-4-5(6(11)12)7(8,9)10/h5H,2-4H2,1H3,(H,11,12). The van der Waals surface area contributed by atoms with Crippen molar-refractivity contribution in [2.24, 2.45) is 5.92 Å². The van der Waals surface area contributed by atoms with E-state index in [0.29, 0.717) is 6.42 Å². The normalized spacial score (nSPS) is 14.2. The second-order valence-corrected chi connectivity index (χ2v) is 2.51. The zero-order valence-electron chi connectivity index (χ0n) is 7.10. The number of carboxylic acid groups (broad SMARTS) is 1. The van der Waals surface area contributed by atoms with Crippen molar-refractivity contribution >= 4 is 5.97 Å². The van der Waals surface area contributed by atoms with Gasteiger partial charge in [0.25, 0.3) is 0 Å². The summed E-state index contributed by atoms with van der Waals surface area (Å²) < 4.78 is 40.3. The summed E-state index contributed by atoms with van der Waals surface area (Å²) in [5, 5.41) is 8.21. The van der Waals surface area contributed by atoms with Gasteiger partial charge in [0.15, 0.2) is 5.92 Å². The zero-order chi connectivity index (χ0) is 10.5. The van der Waals surface area contributed by atoms with Crippen LogP contribution in [-0.2, 0) is 9.53 Å². The summed E-state index contributed by atoms with van der Waals surface area (Å²) in [6.45, 7) is 1.05. The van der Waals surface area contributed by atoms with E-state index in [1.165, 1.54) is 0 Å². The number of ether oxygens (including phenoxy) is 1. The Morgan fingerprint density at radius 2 is 2.08 bits per heavy atom. The number of halogens is 3. The highest BCUT2D eigenvalue weighted by molar-refractivity contribution is 5.71. The van der Waals surface area contributed by atoms with Crippen LogP contribution in [-0.4, -0.2) is 30.5 Å². The van der Waals surface area contributed by atoms with E-state index in [9.17, 15) is 18.0 Å². The first-order valence-electron chi connectivity index (χ1n) is 3.76. The van der Waals surface area contributed by atoms with Crippen LogP contribution in [0.15, 0.2) is 0 Å². The van der Waals surface area contributed by atoms with Gasteiger partial charge in [-0.1, -0.05) is 6.92 Å². The number of carboxylic acids is 1. The molecule has 0 aliphatic carbocycles. The van der Waals surface area contributed by atoms with Gasteiger partial charge in [0.05, 0.1) is 6.61 Å². The van der Waals surface area contributed by atoms with Crippen molar-refractivity contribution in [2.45, 2.75) is 19.5 Å². The molecular weight excluding hydrogens is 189 g/mol. The first kappa shape index (κ1) is 12.2. The molecular formula is C7H11F3O3. The molecule has 0 aromatic rings. The van der Waals surface area contributed by atoms with Gasteiger partial charge in [0, 0.05) is 6.61 Å². The van der Waals surface area contributed by atoms with E-state index in [1.54, 1.807) is 6.92 Å². The van der Waals surface area contributed by atoms with Crippen molar-refractivity contribution in [1.29, 1.82) is 0 Å². The molecule has 0 fully saturated rings. The van der Waals surface area contributed by atoms with Crippen molar-refractivity contribution in [1.82, 2.24) is 0 Å². The third kappa shape index (κ3) is 4.72. The minimum atomic E-state index is -4.74. The lowest BCUT2D eigenvalue weighted by atomic mass is 10.1. The van der Waals surface area contributed by atoms with Gasteiger partial charge in [0.1, 0.15) is 0 Å². The van der Waals surface area contributed by atoms with Crippen molar-refractivity contribution in [3.8, 4) is 0 Å². The Morgan fingerprint density at radius 1 is 1.54 bits per heavy atom. The van der Waals surface area contributed by atoms with Crippen LogP contribution in [0, 0.1) is 5.92 Å². The molecule has 0 saturated heterocycles. The van der Waals surface area contributed by atoms with E-state index in [1.807, 2.05) is 0 Å². The smallest absolute Gasteiger partial charge is 0.404 e. The number of rotatable bonds is 5. The number of aliphatic carboxylic acids is 1. The van der Waals surface area contributed by atoms with Gasteiger partial charge in [-0.05, 0) is 6.42 Å². The maximum atomic E-state index is 11.9. The lowest BCUT2D eigenvalue weighted by molar-refractivity contribution is -0.202. The fraction of sp³-hybridized carbons (Fsp3) is 0.857. The molecule has 0 saturated carbocycles. The Balaban J connectivity index is 4.04. The second kappa shape index (κ2) is 5.06. The molecule has 0 heterocycles. The molecule has 0 bridgehead atoms. The molecule has 78 valence electrons. The number of hydrogen-bond donors (Lipinski definition) is 1. The van der Waals surface area contributed by atoms with Gasteiger partial charge in [-0.15, -0.1) is 0 Å². The molecule has 6 heteroatoms. The summed E-state index contributed by atoms with van der Waals surface area (Å²) in [7, 11) is 0. The van der Waals surface area contributed by atoms with Crippen LogP contribution < -0.4 is 0 Å². The Kier molecular flexibility index (Phi) is 4.76. The molecule has 0 amide bonds. The Hall–Kier alpha value is -0.780. The first-order chi connectivity index (χ1) is 5.89. The summed E-state index contributed by atoms with van der Waals surface area (Å²) in [6, 6.07) is 0. The van der Waals surface area contributed by atoms with E-state index in [4.69, 9.17) is 5.11 Å². The minimum Gasteiger partial charge on any atom is -0.481 e. The highest BCUT2D eigenvalue weighted by atomic mass is 19.4. The molecule has 1 atom stereocenters. The Bertz CT molecular complexity index is 167. The van der Waals surface area contributed by atoms with Gasteiger partial charge < -0.3 is 9.84 Å². The van der Waals surface area contributed by atoms with Crippen LogP contribution in [0.1, 0.15) is 13.3 Å². The monoisotopic (exact) mass is 200 g/mol. The molecule has 3 nitrogen and oxygen atoms in total. The Labute approximate surface area is 73.5 Å². The van der Waals surface area contributed by atoms with E-state index in [2.05, 4.69) is 4.74 Å². The first-order valence-corrected chi connectivity index (χ1v) is 3.76. The van der Waals surface area contributed by atoms with Gasteiger partial charge in [-0.2, -0.15) is 13.2 Å². The quantitative estimate of drug-likeness (QED) is 0.686. The number of carbonyl (C=O) groups is 1. The van der Waals surface area contributed by atoms with Gasteiger partial charge >= 0.3 is 12.1 Å². The Morgan fingerprint density at radius 3 is 2.38 bits per heavy atom. The summed E-state index contributed by atoms with van der Waals surface area (Å²) in [6.07, 6.45) is -4.18. The highest BCUT2D eigenvalue weighted by Gasteiger charge is 2.45. The van der Waals surface area contributed by atoms with Crippen LogP contribution in [0.3, 0.4) is 0 Å². The van der Waals surface area contributed by atoms with Crippen LogP contribution in [0.25, 0.3) is 0 Å². The molecule has 0 aliphatic heterocycles. The lowest BCUT2D eigenvalue weighted by Gasteiger charge is -2.15. The summed E-state index contributed by atoms with van der Waals surface area (Å²) in [4.78, 5) is 10.1. The average molecular weight is 200 g/mol.